The number of hydrogen-bond acceptors (Lipinski definition) is 4. The zero-order valence-electron chi connectivity index (χ0n) is 18.0. The molecule has 0 aliphatic carbocycles. The second-order valence-corrected chi connectivity index (χ2v) is 7.79. The molecular formula is C26H26N2O4. The minimum absolute atomic E-state index is 0.00165. The van der Waals surface area contributed by atoms with Gasteiger partial charge in [-0.05, 0) is 44.0 Å². The van der Waals surface area contributed by atoms with Crippen molar-refractivity contribution in [3.63, 3.8) is 0 Å². The largest absolute Gasteiger partial charge is 0.457 e. The van der Waals surface area contributed by atoms with Crippen LogP contribution >= 0.6 is 0 Å². The molecule has 1 aliphatic heterocycles. The molecule has 4 rings (SSSR count). The molecule has 0 saturated carbocycles. The quantitative estimate of drug-likeness (QED) is 0.547. The number of amides is 2. The molecule has 2 amide bonds. The van der Waals surface area contributed by atoms with Gasteiger partial charge in [0.1, 0.15) is 17.2 Å². The fourth-order valence-corrected chi connectivity index (χ4v) is 3.50. The first-order valence-corrected chi connectivity index (χ1v) is 10.7. The molecule has 1 fully saturated rings. The van der Waals surface area contributed by atoms with Crippen molar-refractivity contribution in [2.45, 2.75) is 25.9 Å². The summed E-state index contributed by atoms with van der Waals surface area (Å²) in [7, 11) is 0. The van der Waals surface area contributed by atoms with E-state index in [1.807, 2.05) is 43.3 Å². The van der Waals surface area contributed by atoms with Gasteiger partial charge in [-0.25, -0.2) is 0 Å². The van der Waals surface area contributed by atoms with Gasteiger partial charge in [-0.1, -0.05) is 48.0 Å². The van der Waals surface area contributed by atoms with Crippen LogP contribution in [-0.4, -0.2) is 31.1 Å². The van der Waals surface area contributed by atoms with Crippen LogP contribution < -0.4 is 10.6 Å². The van der Waals surface area contributed by atoms with E-state index in [2.05, 4.69) is 10.6 Å². The summed E-state index contributed by atoms with van der Waals surface area (Å²) in [4.78, 5) is 25.6. The molecule has 1 atom stereocenters. The van der Waals surface area contributed by atoms with Crippen LogP contribution in [0.15, 0.2) is 76.8 Å². The topological polar surface area (TPSA) is 80.6 Å². The molecule has 3 aromatic rings. The number of ether oxygens (including phenoxy) is 1. The van der Waals surface area contributed by atoms with Gasteiger partial charge in [-0.2, -0.15) is 0 Å². The smallest absolute Gasteiger partial charge is 0.268 e. The molecular weight excluding hydrogens is 404 g/mol. The van der Waals surface area contributed by atoms with E-state index in [9.17, 15) is 9.59 Å². The minimum atomic E-state index is -0.391. The van der Waals surface area contributed by atoms with Crippen LogP contribution in [0, 0.1) is 6.92 Å². The lowest BCUT2D eigenvalue weighted by atomic mass is 10.1. The van der Waals surface area contributed by atoms with Gasteiger partial charge in [0.15, 0.2) is 0 Å². The molecule has 0 unspecified atom stereocenters. The second kappa shape index (κ2) is 10.1. The number of aryl methyl sites for hydroxylation is 1. The van der Waals surface area contributed by atoms with Gasteiger partial charge in [-0.15, -0.1) is 0 Å². The molecule has 0 spiro atoms. The Morgan fingerprint density at radius 3 is 2.53 bits per heavy atom. The third-order valence-electron chi connectivity index (χ3n) is 5.29. The summed E-state index contributed by atoms with van der Waals surface area (Å²) in [6, 6.07) is 20.4. The molecule has 32 heavy (non-hydrogen) atoms. The number of carbonyl (C=O) groups is 2. The highest BCUT2D eigenvalue weighted by atomic mass is 16.5. The standard InChI is InChI=1S/C26H26N2O4/c1-18-9-11-19(12-10-18)24-14-13-21(32-24)16-23(26(30)27-17-22-8-5-15-31-22)28-25(29)20-6-3-2-4-7-20/h2-4,6-7,9-14,16,22H,5,8,15,17H2,1H3,(H,27,30)(H,28,29)/b23-16-/t22-/m1/s1. The van der Waals surface area contributed by atoms with Gasteiger partial charge in [0.2, 0.25) is 0 Å². The van der Waals surface area contributed by atoms with Gasteiger partial charge < -0.3 is 19.8 Å². The number of nitrogens with one attached hydrogen (secondary N) is 2. The van der Waals surface area contributed by atoms with Gasteiger partial charge >= 0.3 is 0 Å². The average molecular weight is 431 g/mol. The Morgan fingerprint density at radius 1 is 1.03 bits per heavy atom. The number of benzene rings is 2. The SMILES string of the molecule is Cc1ccc(-c2ccc(/C=C(\NC(=O)c3ccccc3)C(=O)NC[C@H]3CCCO3)o2)cc1. The van der Waals surface area contributed by atoms with E-state index >= 15 is 0 Å². The number of rotatable bonds is 7. The van der Waals surface area contributed by atoms with Crippen molar-refractivity contribution in [3.05, 3.63) is 89.3 Å². The molecule has 2 aromatic carbocycles. The van der Waals surface area contributed by atoms with E-state index in [0.29, 0.717) is 30.2 Å². The third kappa shape index (κ3) is 5.53. The van der Waals surface area contributed by atoms with E-state index in [1.54, 1.807) is 36.4 Å². The second-order valence-electron chi connectivity index (χ2n) is 7.79. The van der Waals surface area contributed by atoms with E-state index < -0.39 is 5.91 Å². The predicted molar refractivity (Wildman–Crippen MR) is 123 cm³/mol. The van der Waals surface area contributed by atoms with Crippen molar-refractivity contribution < 1.29 is 18.7 Å². The van der Waals surface area contributed by atoms with Gasteiger partial charge in [0.05, 0.1) is 6.10 Å². The van der Waals surface area contributed by atoms with Crippen molar-refractivity contribution in [2.24, 2.45) is 0 Å². The van der Waals surface area contributed by atoms with Crippen LogP contribution in [0.1, 0.15) is 34.5 Å². The van der Waals surface area contributed by atoms with Crippen molar-refractivity contribution >= 4 is 17.9 Å². The molecule has 1 saturated heterocycles. The Morgan fingerprint density at radius 2 is 1.81 bits per heavy atom. The normalized spacial score (nSPS) is 16.0. The zero-order chi connectivity index (χ0) is 22.3. The maximum absolute atomic E-state index is 12.9. The minimum Gasteiger partial charge on any atom is -0.457 e. The Kier molecular flexibility index (Phi) is 6.82. The number of carbonyl (C=O) groups excluding carboxylic acids is 2. The average Bonchev–Trinajstić information content (AvgIpc) is 3.50. The van der Waals surface area contributed by atoms with Crippen molar-refractivity contribution in [1.82, 2.24) is 10.6 Å². The summed E-state index contributed by atoms with van der Waals surface area (Å²) in [6.45, 7) is 3.13. The summed E-state index contributed by atoms with van der Waals surface area (Å²) >= 11 is 0. The van der Waals surface area contributed by atoms with E-state index in [4.69, 9.17) is 9.15 Å². The van der Waals surface area contributed by atoms with Crippen LogP contribution in [-0.2, 0) is 9.53 Å². The lowest BCUT2D eigenvalue weighted by molar-refractivity contribution is -0.118. The fraction of sp³-hybridized carbons (Fsp3) is 0.231. The molecule has 2 heterocycles. The predicted octanol–water partition coefficient (Wildman–Crippen LogP) is 4.32. The summed E-state index contributed by atoms with van der Waals surface area (Å²) in [6.07, 6.45) is 3.45. The summed E-state index contributed by atoms with van der Waals surface area (Å²) in [5, 5.41) is 5.58. The Balaban J connectivity index is 1.54. The lowest BCUT2D eigenvalue weighted by Gasteiger charge is -2.13. The van der Waals surface area contributed by atoms with Crippen molar-refractivity contribution in [2.75, 3.05) is 13.2 Å². The van der Waals surface area contributed by atoms with Crippen LogP contribution in [0.3, 0.4) is 0 Å². The molecule has 1 aliphatic rings. The first-order valence-electron chi connectivity index (χ1n) is 10.7. The molecule has 0 bridgehead atoms. The maximum Gasteiger partial charge on any atom is 0.268 e. The van der Waals surface area contributed by atoms with Crippen molar-refractivity contribution in [1.29, 1.82) is 0 Å². The lowest BCUT2D eigenvalue weighted by Crippen LogP contribution is -2.38. The van der Waals surface area contributed by atoms with Crippen LogP contribution in [0.2, 0.25) is 0 Å². The first-order chi connectivity index (χ1) is 15.6. The van der Waals surface area contributed by atoms with Gasteiger partial charge in [-0.3, -0.25) is 9.59 Å². The summed E-state index contributed by atoms with van der Waals surface area (Å²) in [5.74, 6) is 0.397. The Labute approximate surface area is 187 Å². The maximum atomic E-state index is 12.9. The molecule has 6 heteroatoms. The monoisotopic (exact) mass is 430 g/mol. The highest BCUT2D eigenvalue weighted by Crippen LogP contribution is 2.23. The summed E-state index contributed by atoms with van der Waals surface area (Å²) in [5.41, 5.74) is 2.67. The highest BCUT2D eigenvalue weighted by molar-refractivity contribution is 6.05. The molecule has 2 N–H and O–H groups in total. The summed E-state index contributed by atoms with van der Waals surface area (Å²) < 4.78 is 11.5. The first kappa shape index (κ1) is 21.6. The fourth-order valence-electron chi connectivity index (χ4n) is 3.50. The van der Waals surface area contributed by atoms with Crippen LogP contribution in [0.5, 0.6) is 0 Å². The van der Waals surface area contributed by atoms with Gasteiger partial charge in [0, 0.05) is 30.4 Å². The van der Waals surface area contributed by atoms with E-state index in [0.717, 1.165) is 24.0 Å². The van der Waals surface area contributed by atoms with Gasteiger partial charge in [0.25, 0.3) is 11.8 Å². The Hall–Kier alpha value is -3.64. The number of furan rings is 1. The molecule has 6 nitrogen and oxygen atoms in total. The number of hydrogen-bond donors (Lipinski definition) is 2. The third-order valence-corrected chi connectivity index (χ3v) is 5.29. The highest BCUT2D eigenvalue weighted by Gasteiger charge is 2.19. The molecule has 1 aromatic heterocycles. The van der Waals surface area contributed by atoms with Crippen molar-refractivity contribution in [3.8, 4) is 11.3 Å². The van der Waals surface area contributed by atoms with Crippen LogP contribution in [0.25, 0.3) is 17.4 Å². The zero-order valence-corrected chi connectivity index (χ0v) is 18.0. The Bertz CT molecular complexity index is 1090. The van der Waals surface area contributed by atoms with E-state index in [1.165, 1.54) is 0 Å². The van der Waals surface area contributed by atoms with E-state index in [-0.39, 0.29) is 17.7 Å². The van der Waals surface area contributed by atoms with Crippen LogP contribution in [0.4, 0.5) is 0 Å². The molecule has 164 valence electrons. The molecule has 0 radical (unpaired) electrons.